The Kier molecular flexibility index (Phi) is 10.9. The highest BCUT2D eigenvalue weighted by Crippen LogP contribution is 2.46. The molecule has 7 heteroatoms. The van der Waals surface area contributed by atoms with E-state index in [2.05, 4.69) is 23.9 Å². The van der Waals surface area contributed by atoms with E-state index in [1.807, 2.05) is 27.7 Å². The fraction of sp³-hybridized carbons (Fsp3) is 0.800. The Morgan fingerprint density at radius 1 is 0.815 bits per heavy atom. The van der Waals surface area contributed by atoms with Crippen molar-refractivity contribution in [3.63, 3.8) is 0 Å². The zero-order valence-electron chi connectivity index (χ0n) is 16.7. The van der Waals surface area contributed by atoms with Gasteiger partial charge in [0.25, 0.3) is 0 Å². The maximum Gasteiger partial charge on any atom is 0.220 e. The molecule has 2 rings (SSSR count). The van der Waals surface area contributed by atoms with Crippen molar-refractivity contribution in [1.29, 1.82) is 0 Å². The largest absolute Gasteiger partial charge is 0.476 e. The lowest BCUT2D eigenvalue weighted by molar-refractivity contribution is 0.242. The summed E-state index contributed by atoms with van der Waals surface area (Å²) < 4.78 is 12.9. The highest BCUT2D eigenvalue weighted by molar-refractivity contribution is 8.24. The van der Waals surface area contributed by atoms with Crippen LogP contribution in [0.15, 0.2) is 12.2 Å². The van der Waals surface area contributed by atoms with Crippen LogP contribution in [0.4, 0.5) is 0 Å². The van der Waals surface area contributed by atoms with Crippen molar-refractivity contribution in [2.75, 3.05) is 0 Å². The van der Waals surface area contributed by atoms with Gasteiger partial charge >= 0.3 is 0 Å². The second kappa shape index (κ2) is 12.3. The molecule has 2 bridgehead atoms. The molecule has 0 aliphatic carbocycles. The number of thiocarbonyl (C=S) groups is 2. The molecule has 2 aliphatic rings. The lowest BCUT2D eigenvalue weighted by Crippen LogP contribution is -2.23. The van der Waals surface area contributed by atoms with Crippen molar-refractivity contribution in [2.24, 2.45) is 0 Å². The monoisotopic (exact) mass is 464 g/mol. The molecule has 4 atom stereocenters. The van der Waals surface area contributed by atoms with Crippen LogP contribution in [0.3, 0.4) is 0 Å². The van der Waals surface area contributed by atoms with Gasteiger partial charge in [-0.15, -0.1) is 0 Å². The third-order valence-corrected chi connectivity index (χ3v) is 9.73. The quantitative estimate of drug-likeness (QED) is 0.325. The van der Waals surface area contributed by atoms with E-state index < -0.39 is 0 Å². The summed E-state index contributed by atoms with van der Waals surface area (Å²) in [5.74, 6) is 0. The predicted molar refractivity (Wildman–Crippen MR) is 132 cm³/mol. The number of ether oxygens (including phenoxy) is 2. The van der Waals surface area contributed by atoms with E-state index in [4.69, 9.17) is 33.9 Å². The van der Waals surface area contributed by atoms with Crippen LogP contribution in [0, 0.1) is 0 Å². The Balaban J connectivity index is 2.02. The van der Waals surface area contributed by atoms with Gasteiger partial charge in [0.1, 0.15) is 0 Å². The number of fused-ring (bicyclic) bond motifs is 2. The third-order valence-electron chi connectivity index (χ3n) is 4.48. The first-order valence-corrected chi connectivity index (χ1v) is 13.4. The Hall–Kier alpha value is 0.570. The van der Waals surface area contributed by atoms with Crippen LogP contribution in [0.25, 0.3) is 0 Å². The minimum atomic E-state index is 0.152. The van der Waals surface area contributed by atoms with Crippen molar-refractivity contribution in [3.05, 3.63) is 12.2 Å². The molecule has 27 heavy (non-hydrogen) atoms. The number of hydrogen-bond donors (Lipinski definition) is 0. The highest BCUT2D eigenvalue weighted by atomic mass is 32.2. The molecule has 2 nitrogen and oxygen atoms in total. The number of rotatable bonds is 4. The topological polar surface area (TPSA) is 18.5 Å². The van der Waals surface area contributed by atoms with Gasteiger partial charge in [0.2, 0.25) is 8.77 Å². The molecular weight excluding hydrogens is 433 g/mol. The van der Waals surface area contributed by atoms with E-state index in [1.54, 1.807) is 23.5 Å². The van der Waals surface area contributed by atoms with Crippen LogP contribution in [-0.4, -0.2) is 42.0 Å². The van der Waals surface area contributed by atoms with Crippen LogP contribution in [-0.2, 0) is 9.47 Å². The number of hydrogen-bond acceptors (Lipinski definition) is 7. The van der Waals surface area contributed by atoms with Crippen molar-refractivity contribution in [1.82, 2.24) is 0 Å². The van der Waals surface area contributed by atoms with E-state index in [1.165, 1.54) is 25.7 Å². The fourth-order valence-corrected chi connectivity index (χ4v) is 8.86. The van der Waals surface area contributed by atoms with Gasteiger partial charge in [0.05, 0.1) is 12.2 Å². The molecule has 2 heterocycles. The average molecular weight is 465 g/mol. The summed E-state index contributed by atoms with van der Waals surface area (Å²) in [6, 6.07) is 0. The first kappa shape index (κ1) is 23.8. The van der Waals surface area contributed by atoms with Gasteiger partial charge < -0.3 is 9.47 Å². The number of thioether (sulfide) groups is 3. The average Bonchev–Trinajstić information content (AvgIpc) is 3.02. The molecule has 0 radical (unpaired) electrons. The Morgan fingerprint density at radius 2 is 1.22 bits per heavy atom. The molecule has 154 valence electrons. The zero-order valence-corrected chi connectivity index (χ0v) is 20.8. The summed E-state index contributed by atoms with van der Waals surface area (Å²) in [7, 11) is 0. The van der Waals surface area contributed by atoms with Gasteiger partial charge in [-0.2, -0.15) is 11.8 Å². The summed E-state index contributed by atoms with van der Waals surface area (Å²) in [5.41, 5.74) is 0. The SMILES string of the molecule is CC(C)OC(=S)SC1CC/C=C/CCC(SC(=S)OC(C)C)C2CCC1S2. The lowest BCUT2D eigenvalue weighted by atomic mass is 10.0. The van der Waals surface area contributed by atoms with Crippen LogP contribution >= 0.6 is 59.7 Å². The first-order valence-electron chi connectivity index (χ1n) is 9.90. The summed E-state index contributed by atoms with van der Waals surface area (Å²) in [4.78, 5) is 0. The van der Waals surface area contributed by atoms with Gasteiger partial charge in [-0.05, 0) is 90.7 Å². The maximum atomic E-state index is 5.75. The van der Waals surface area contributed by atoms with Crippen LogP contribution in [0.1, 0.15) is 66.2 Å². The molecule has 0 aromatic heterocycles. The van der Waals surface area contributed by atoms with Crippen molar-refractivity contribution in [2.45, 2.75) is 99.4 Å². The van der Waals surface area contributed by atoms with Gasteiger partial charge in [-0.1, -0.05) is 35.7 Å². The van der Waals surface area contributed by atoms with Gasteiger partial charge in [0, 0.05) is 21.0 Å². The van der Waals surface area contributed by atoms with Crippen molar-refractivity contribution in [3.8, 4) is 0 Å². The van der Waals surface area contributed by atoms with Crippen LogP contribution < -0.4 is 0 Å². The molecule has 2 aliphatic heterocycles. The Labute approximate surface area is 188 Å². The van der Waals surface area contributed by atoms with Crippen LogP contribution in [0.5, 0.6) is 0 Å². The molecule has 0 aromatic rings. The Bertz CT molecular complexity index is 477. The molecule has 0 saturated carbocycles. The summed E-state index contributed by atoms with van der Waals surface area (Å²) >= 11 is 16.7. The smallest absolute Gasteiger partial charge is 0.220 e. The summed E-state index contributed by atoms with van der Waals surface area (Å²) in [6.45, 7) is 8.16. The number of allylic oxidation sites excluding steroid dienone is 2. The van der Waals surface area contributed by atoms with E-state index >= 15 is 0 Å². The summed E-state index contributed by atoms with van der Waals surface area (Å²) in [6.07, 6.45) is 12.1. The van der Waals surface area contributed by atoms with E-state index in [9.17, 15) is 0 Å². The zero-order chi connectivity index (χ0) is 19.8. The Morgan fingerprint density at radius 3 is 1.59 bits per heavy atom. The van der Waals surface area contributed by atoms with Crippen molar-refractivity contribution < 1.29 is 9.47 Å². The molecule has 4 unspecified atom stereocenters. The molecule has 1 saturated heterocycles. The molecule has 0 amide bonds. The van der Waals surface area contributed by atoms with E-state index in [-0.39, 0.29) is 12.2 Å². The normalized spacial score (nSPS) is 30.0. The molecule has 0 aromatic carbocycles. The molecule has 0 N–H and O–H groups in total. The predicted octanol–water partition coefficient (Wildman–Crippen LogP) is 7.00. The second-order valence-corrected chi connectivity index (χ2v) is 12.7. The molecule has 0 spiro atoms. The second-order valence-electron chi connectivity index (χ2n) is 7.56. The lowest BCUT2D eigenvalue weighted by Gasteiger charge is -2.25. The van der Waals surface area contributed by atoms with Gasteiger partial charge in [-0.25, -0.2) is 0 Å². The minimum absolute atomic E-state index is 0.152. The van der Waals surface area contributed by atoms with Crippen molar-refractivity contribution >= 4 is 68.5 Å². The summed E-state index contributed by atoms with van der Waals surface area (Å²) in [5, 5.41) is 2.34. The van der Waals surface area contributed by atoms with Crippen LogP contribution in [0.2, 0.25) is 0 Å². The van der Waals surface area contributed by atoms with E-state index in [0.29, 0.717) is 29.8 Å². The van der Waals surface area contributed by atoms with E-state index in [0.717, 1.165) is 12.8 Å². The third kappa shape index (κ3) is 8.85. The fourth-order valence-electron chi connectivity index (χ4n) is 3.32. The minimum Gasteiger partial charge on any atom is -0.476 e. The molecular formula is C20H32O2S5. The van der Waals surface area contributed by atoms with Gasteiger partial charge in [-0.3, -0.25) is 0 Å². The highest BCUT2D eigenvalue weighted by Gasteiger charge is 2.37. The van der Waals surface area contributed by atoms with Gasteiger partial charge in [0.15, 0.2) is 0 Å². The molecule has 1 fully saturated rings. The standard InChI is InChI=1S/C20H32O2S5/c1-13(2)21-19(23)26-15-9-7-5-6-8-10-16(18-12-11-17(15)25-18)27-20(24)22-14(3)4/h5-6,13-18H,7-12H2,1-4H3/b6-5+. The maximum absolute atomic E-state index is 5.75. The first-order chi connectivity index (χ1) is 12.8.